The van der Waals surface area contributed by atoms with E-state index in [0.29, 0.717) is 3.92 Å². The van der Waals surface area contributed by atoms with Gasteiger partial charge in [-0.2, -0.15) is 0 Å². The Morgan fingerprint density at radius 2 is 1.79 bits per heavy atom. The van der Waals surface area contributed by atoms with Gasteiger partial charge in [-0.1, -0.05) is 72.0 Å². The van der Waals surface area contributed by atoms with Crippen molar-refractivity contribution in [3.63, 3.8) is 0 Å². The molecule has 71 valence electrons. The first kappa shape index (κ1) is 9.97. The molecule has 2 rings (SSSR count). The third-order valence-corrected chi connectivity index (χ3v) is 3.71. The lowest BCUT2D eigenvalue weighted by Crippen LogP contribution is -1.88. The quantitative estimate of drug-likeness (QED) is 0.563. The van der Waals surface area contributed by atoms with Gasteiger partial charge in [-0.25, -0.2) is 0 Å². The van der Waals surface area contributed by atoms with Crippen LogP contribution in [0.4, 0.5) is 0 Å². The Balaban J connectivity index is 2.65. The normalized spacial score (nSPS) is 13.0. The summed E-state index contributed by atoms with van der Waals surface area (Å²) in [6.45, 7) is 3.96. The monoisotopic (exact) mass is 295 g/mol. The molecule has 0 aliphatic heterocycles. The fraction of sp³-hybridized carbons (Fsp3) is 0.154. The SMILES string of the molecule is [CH2]CC(I)c1cccc2ccccc12. The lowest BCUT2D eigenvalue weighted by atomic mass is 10.0. The Morgan fingerprint density at radius 3 is 2.57 bits per heavy atom. The summed E-state index contributed by atoms with van der Waals surface area (Å²) in [5.41, 5.74) is 1.40. The molecule has 0 N–H and O–H groups in total. The standard InChI is InChI=1S/C13H12I/c1-2-13(14)12-9-5-7-10-6-3-4-8-11(10)12/h3-9,13H,1-2H2. The Hall–Kier alpha value is -0.570. The molecule has 1 unspecified atom stereocenters. The van der Waals surface area contributed by atoms with Crippen molar-refractivity contribution in [2.45, 2.75) is 10.3 Å². The van der Waals surface area contributed by atoms with Crippen molar-refractivity contribution in [1.29, 1.82) is 0 Å². The first-order valence-corrected chi connectivity index (χ1v) is 5.98. The zero-order valence-electron chi connectivity index (χ0n) is 7.91. The van der Waals surface area contributed by atoms with Crippen molar-refractivity contribution in [2.75, 3.05) is 0 Å². The van der Waals surface area contributed by atoms with Crippen molar-refractivity contribution in [3.8, 4) is 0 Å². The van der Waals surface area contributed by atoms with E-state index < -0.39 is 0 Å². The number of fused-ring (bicyclic) bond motifs is 1. The Morgan fingerprint density at radius 1 is 1.07 bits per heavy atom. The average molecular weight is 295 g/mol. The molecule has 2 aromatic carbocycles. The molecule has 1 atom stereocenters. The fourth-order valence-electron chi connectivity index (χ4n) is 1.68. The highest BCUT2D eigenvalue weighted by Crippen LogP contribution is 2.32. The molecule has 0 spiro atoms. The Bertz CT molecular complexity index is 429. The molecular formula is C13H12I. The van der Waals surface area contributed by atoms with E-state index >= 15 is 0 Å². The van der Waals surface area contributed by atoms with E-state index in [0.717, 1.165) is 6.42 Å². The second-order valence-corrected chi connectivity index (χ2v) is 4.83. The lowest BCUT2D eigenvalue weighted by molar-refractivity contribution is 1.02. The largest absolute Gasteiger partial charge is 0.0774 e. The van der Waals surface area contributed by atoms with Crippen molar-refractivity contribution >= 4 is 33.4 Å². The van der Waals surface area contributed by atoms with Crippen LogP contribution in [0.2, 0.25) is 0 Å². The van der Waals surface area contributed by atoms with Crippen LogP contribution in [0.1, 0.15) is 15.9 Å². The van der Waals surface area contributed by atoms with Gasteiger partial charge in [-0.15, -0.1) is 0 Å². The third-order valence-electron chi connectivity index (χ3n) is 2.41. The van der Waals surface area contributed by atoms with Crippen LogP contribution in [-0.4, -0.2) is 0 Å². The van der Waals surface area contributed by atoms with Gasteiger partial charge in [-0.3, -0.25) is 0 Å². The maximum absolute atomic E-state index is 3.96. The topological polar surface area (TPSA) is 0 Å². The summed E-state index contributed by atoms with van der Waals surface area (Å²) < 4.78 is 0.513. The summed E-state index contributed by atoms with van der Waals surface area (Å²) in [6.07, 6.45) is 0.939. The molecule has 0 nitrogen and oxygen atoms in total. The average Bonchev–Trinajstić information content (AvgIpc) is 2.27. The summed E-state index contributed by atoms with van der Waals surface area (Å²) in [6, 6.07) is 15.0. The van der Waals surface area contributed by atoms with Gasteiger partial charge in [0.25, 0.3) is 0 Å². The van der Waals surface area contributed by atoms with Crippen molar-refractivity contribution < 1.29 is 0 Å². The van der Waals surface area contributed by atoms with E-state index in [9.17, 15) is 0 Å². The summed E-state index contributed by atoms with van der Waals surface area (Å²) in [7, 11) is 0. The van der Waals surface area contributed by atoms with Crippen LogP contribution in [0, 0.1) is 6.92 Å². The Kier molecular flexibility index (Phi) is 3.06. The lowest BCUT2D eigenvalue weighted by Gasteiger charge is -2.10. The molecular weight excluding hydrogens is 283 g/mol. The zero-order chi connectivity index (χ0) is 9.97. The number of alkyl halides is 1. The molecule has 0 fully saturated rings. The summed E-state index contributed by atoms with van der Waals surface area (Å²) in [5, 5.41) is 2.68. The molecule has 2 aromatic rings. The van der Waals surface area contributed by atoms with E-state index in [2.05, 4.69) is 72.0 Å². The second kappa shape index (κ2) is 4.30. The minimum Gasteiger partial charge on any atom is -0.0774 e. The minimum atomic E-state index is 0.513. The highest BCUT2D eigenvalue weighted by Gasteiger charge is 2.07. The minimum absolute atomic E-state index is 0.513. The number of hydrogen-bond donors (Lipinski definition) is 0. The van der Waals surface area contributed by atoms with Crippen LogP contribution < -0.4 is 0 Å². The predicted octanol–water partition coefficient (Wildman–Crippen LogP) is 4.54. The van der Waals surface area contributed by atoms with Crippen LogP contribution in [-0.2, 0) is 0 Å². The number of rotatable bonds is 2. The molecule has 0 saturated heterocycles. The van der Waals surface area contributed by atoms with Crippen LogP contribution >= 0.6 is 22.6 Å². The molecule has 1 radical (unpaired) electrons. The van der Waals surface area contributed by atoms with Crippen LogP contribution in [0.15, 0.2) is 42.5 Å². The summed E-state index contributed by atoms with van der Waals surface area (Å²) in [5.74, 6) is 0. The Labute approximate surface area is 98.5 Å². The van der Waals surface area contributed by atoms with E-state index in [4.69, 9.17) is 0 Å². The van der Waals surface area contributed by atoms with Crippen LogP contribution in [0.3, 0.4) is 0 Å². The number of hydrogen-bond acceptors (Lipinski definition) is 0. The van der Waals surface area contributed by atoms with Gasteiger partial charge in [0.2, 0.25) is 0 Å². The molecule has 0 bridgehead atoms. The van der Waals surface area contributed by atoms with Crippen molar-refractivity contribution in [2.24, 2.45) is 0 Å². The maximum Gasteiger partial charge on any atom is 0.0365 e. The first-order valence-electron chi connectivity index (χ1n) is 4.74. The van der Waals surface area contributed by atoms with Gasteiger partial charge in [0.15, 0.2) is 0 Å². The van der Waals surface area contributed by atoms with E-state index in [1.54, 1.807) is 0 Å². The highest BCUT2D eigenvalue weighted by molar-refractivity contribution is 14.1. The molecule has 1 heteroatoms. The van der Waals surface area contributed by atoms with Gasteiger partial charge >= 0.3 is 0 Å². The van der Waals surface area contributed by atoms with Crippen LogP contribution in [0.5, 0.6) is 0 Å². The van der Waals surface area contributed by atoms with Gasteiger partial charge in [-0.05, 0) is 22.8 Å². The van der Waals surface area contributed by atoms with Gasteiger partial charge in [0, 0.05) is 3.92 Å². The molecule has 0 heterocycles. The summed E-state index contributed by atoms with van der Waals surface area (Å²) >= 11 is 2.46. The van der Waals surface area contributed by atoms with Gasteiger partial charge < -0.3 is 0 Å². The van der Waals surface area contributed by atoms with Gasteiger partial charge in [0.1, 0.15) is 0 Å². The molecule has 0 aromatic heterocycles. The molecule has 0 aliphatic rings. The van der Waals surface area contributed by atoms with Crippen molar-refractivity contribution in [1.82, 2.24) is 0 Å². The van der Waals surface area contributed by atoms with Crippen LogP contribution in [0.25, 0.3) is 10.8 Å². The molecule has 0 aliphatic carbocycles. The fourth-order valence-corrected chi connectivity index (χ4v) is 2.22. The number of benzene rings is 2. The smallest absolute Gasteiger partial charge is 0.0365 e. The van der Waals surface area contributed by atoms with Gasteiger partial charge in [0.05, 0.1) is 0 Å². The predicted molar refractivity (Wildman–Crippen MR) is 70.7 cm³/mol. The molecule has 14 heavy (non-hydrogen) atoms. The van der Waals surface area contributed by atoms with E-state index in [-0.39, 0.29) is 0 Å². The third kappa shape index (κ3) is 1.78. The summed E-state index contributed by atoms with van der Waals surface area (Å²) in [4.78, 5) is 0. The maximum atomic E-state index is 3.96. The molecule has 0 saturated carbocycles. The van der Waals surface area contributed by atoms with Crippen molar-refractivity contribution in [3.05, 3.63) is 55.0 Å². The zero-order valence-corrected chi connectivity index (χ0v) is 10.1. The second-order valence-electron chi connectivity index (χ2n) is 3.32. The highest BCUT2D eigenvalue weighted by atomic mass is 127. The van der Waals surface area contributed by atoms with E-state index in [1.165, 1.54) is 16.3 Å². The van der Waals surface area contributed by atoms with E-state index in [1.807, 2.05) is 0 Å². The first-order chi connectivity index (χ1) is 6.83. The molecule has 0 amide bonds. The number of halogens is 1.